The second kappa shape index (κ2) is 3.87. The van der Waals surface area contributed by atoms with Crippen LogP contribution >= 0.6 is 11.6 Å². The van der Waals surface area contributed by atoms with E-state index in [0.717, 1.165) is 22.5 Å². The van der Waals surface area contributed by atoms with E-state index >= 15 is 0 Å². The predicted molar refractivity (Wildman–Crippen MR) is 61.6 cm³/mol. The van der Waals surface area contributed by atoms with Crippen molar-refractivity contribution < 1.29 is 0 Å². The highest BCUT2D eigenvalue weighted by atomic mass is 35.5. The van der Waals surface area contributed by atoms with Gasteiger partial charge in [-0.1, -0.05) is 17.7 Å². The Labute approximate surface area is 92.9 Å². The zero-order chi connectivity index (χ0) is 10.8. The van der Waals surface area contributed by atoms with Gasteiger partial charge in [-0.15, -0.1) is 0 Å². The number of nitrogen functional groups attached to an aromatic ring is 1. The zero-order valence-electron chi connectivity index (χ0n) is 8.24. The molecule has 0 spiro atoms. The van der Waals surface area contributed by atoms with Gasteiger partial charge in [-0.2, -0.15) is 0 Å². The molecule has 0 amide bonds. The van der Waals surface area contributed by atoms with Crippen molar-refractivity contribution in [3.05, 3.63) is 41.3 Å². The molecule has 0 radical (unpaired) electrons. The van der Waals surface area contributed by atoms with E-state index in [4.69, 9.17) is 17.3 Å². The first kappa shape index (κ1) is 9.93. The molecule has 4 heteroatoms. The standard InChI is InChI=1S/C11H10ClN3/c1-7-4-8(2-3-9(7)13)10-5-14-6-11(12)15-10/h2-6H,13H2,1H3. The van der Waals surface area contributed by atoms with Gasteiger partial charge in [0.05, 0.1) is 18.1 Å². The first-order valence-electron chi connectivity index (χ1n) is 4.51. The van der Waals surface area contributed by atoms with Crippen LogP contribution < -0.4 is 5.73 Å². The topological polar surface area (TPSA) is 51.8 Å². The summed E-state index contributed by atoms with van der Waals surface area (Å²) in [4.78, 5) is 8.16. The fourth-order valence-corrected chi connectivity index (χ4v) is 1.46. The van der Waals surface area contributed by atoms with E-state index in [9.17, 15) is 0 Å². The molecule has 2 rings (SSSR count). The average molecular weight is 220 g/mol. The molecule has 0 aliphatic heterocycles. The fraction of sp³-hybridized carbons (Fsp3) is 0.0909. The van der Waals surface area contributed by atoms with Gasteiger partial charge in [-0.05, 0) is 24.6 Å². The lowest BCUT2D eigenvalue weighted by atomic mass is 10.1. The molecule has 1 aromatic heterocycles. The molecule has 0 saturated carbocycles. The average Bonchev–Trinajstić information content (AvgIpc) is 2.22. The maximum absolute atomic E-state index is 5.77. The van der Waals surface area contributed by atoms with Crippen LogP contribution in [0.25, 0.3) is 11.3 Å². The minimum Gasteiger partial charge on any atom is -0.399 e. The van der Waals surface area contributed by atoms with Crippen LogP contribution in [0.3, 0.4) is 0 Å². The lowest BCUT2D eigenvalue weighted by Crippen LogP contribution is -1.91. The second-order valence-electron chi connectivity index (χ2n) is 3.30. The first-order valence-corrected chi connectivity index (χ1v) is 4.88. The van der Waals surface area contributed by atoms with Crippen molar-refractivity contribution in [2.75, 3.05) is 5.73 Å². The second-order valence-corrected chi connectivity index (χ2v) is 3.69. The largest absolute Gasteiger partial charge is 0.399 e. The monoisotopic (exact) mass is 219 g/mol. The summed E-state index contributed by atoms with van der Waals surface area (Å²) in [6, 6.07) is 5.73. The number of aryl methyl sites for hydroxylation is 1. The van der Waals surface area contributed by atoms with E-state index in [1.54, 1.807) is 6.20 Å². The summed E-state index contributed by atoms with van der Waals surface area (Å²) < 4.78 is 0. The van der Waals surface area contributed by atoms with Gasteiger partial charge in [0.15, 0.2) is 0 Å². The van der Waals surface area contributed by atoms with Gasteiger partial charge < -0.3 is 5.73 Å². The molecule has 0 atom stereocenters. The summed E-state index contributed by atoms with van der Waals surface area (Å²) in [6.45, 7) is 1.96. The van der Waals surface area contributed by atoms with E-state index in [2.05, 4.69) is 9.97 Å². The number of hydrogen-bond acceptors (Lipinski definition) is 3. The van der Waals surface area contributed by atoms with Crippen LogP contribution in [0.4, 0.5) is 5.69 Å². The van der Waals surface area contributed by atoms with E-state index in [1.165, 1.54) is 6.20 Å². The summed E-state index contributed by atoms with van der Waals surface area (Å²) in [5.41, 5.74) is 9.25. The Morgan fingerprint density at radius 2 is 2.07 bits per heavy atom. The van der Waals surface area contributed by atoms with E-state index in [1.807, 2.05) is 25.1 Å². The minimum atomic E-state index is 0.391. The van der Waals surface area contributed by atoms with Crippen molar-refractivity contribution in [2.24, 2.45) is 0 Å². The maximum atomic E-state index is 5.77. The van der Waals surface area contributed by atoms with Crippen LogP contribution in [0.1, 0.15) is 5.56 Å². The molecule has 1 heterocycles. The highest BCUT2D eigenvalue weighted by Gasteiger charge is 2.02. The van der Waals surface area contributed by atoms with Gasteiger partial charge in [0.2, 0.25) is 0 Å². The summed E-state index contributed by atoms with van der Waals surface area (Å²) in [5.74, 6) is 0. The molecule has 0 unspecified atom stereocenters. The molecule has 1 aromatic carbocycles. The Morgan fingerprint density at radius 1 is 1.27 bits per heavy atom. The summed E-state index contributed by atoms with van der Waals surface area (Å²) in [6.07, 6.45) is 3.19. The molecule has 0 aliphatic rings. The Kier molecular flexibility index (Phi) is 2.56. The van der Waals surface area contributed by atoms with Crippen LogP contribution in [0.2, 0.25) is 5.15 Å². The molecule has 2 aromatic rings. The fourth-order valence-electron chi connectivity index (χ4n) is 1.32. The maximum Gasteiger partial charge on any atom is 0.148 e. The number of halogens is 1. The van der Waals surface area contributed by atoms with Gasteiger partial charge in [0.25, 0.3) is 0 Å². The number of benzene rings is 1. The normalized spacial score (nSPS) is 10.3. The molecular weight excluding hydrogens is 210 g/mol. The van der Waals surface area contributed by atoms with Crippen molar-refractivity contribution in [2.45, 2.75) is 6.92 Å². The molecule has 3 nitrogen and oxygen atoms in total. The molecule has 0 fully saturated rings. The van der Waals surface area contributed by atoms with Crippen LogP contribution in [-0.2, 0) is 0 Å². The van der Waals surface area contributed by atoms with E-state index in [0.29, 0.717) is 5.15 Å². The number of anilines is 1. The molecular formula is C11H10ClN3. The van der Waals surface area contributed by atoms with E-state index < -0.39 is 0 Å². The van der Waals surface area contributed by atoms with Crippen LogP contribution in [0.5, 0.6) is 0 Å². The molecule has 2 N–H and O–H groups in total. The van der Waals surface area contributed by atoms with Gasteiger partial charge in [-0.3, -0.25) is 4.98 Å². The van der Waals surface area contributed by atoms with Crippen LogP contribution in [-0.4, -0.2) is 9.97 Å². The van der Waals surface area contributed by atoms with Gasteiger partial charge in [0, 0.05) is 11.3 Å². The lowest BCUT2D eigenvalue weighted by Gasteiger charge is -2.04. The molecule has 0 saturated heterocycles. The minimum absolute atomic E-state index is 0.391. The SMILES string of the molecule is Cc1cc(-c2cncc(Cl)n2)ccc1N. The van der Waals surface area contributed by atoms with Crippen molar-refractivity contribution in [1.29, 1.82) is 0 Å². The van der Waals surface area contributed by atoms with Crippen LogP contribution in [0, 0.1) is 6.92 Å². The summed E-state index contributed by atoms with van der Waals surface area (Å²) >= 11 is 5.77. The number of hydrogen-bond donors (Lipinski definition) is 1. The molecule has 76 valence electrons. The number of nitrogens with zero attached hydrogens (tertiary/aromatic N) is 2. The Balaban J connectivity index is 2.50. The first-order chi connectivity index (χ1) is 7.16. The zero-order valence-corrected chi connectivity index (χ0v) is 8.99. The van der Waals surface area contributed by atoms with Gasteiger partial charge in [0.1, 0.15) is 5.15 Å². The summed E-state index contributed by atoms with van der Waals surface area (Å²) in [5, 5.41) is 0.391. The third-order valence-electron chi connectivity index (χ3n) is 2.17. The van der Waals surface area contributed by atoms with Gasteiger partial charge >= 0.3 is 0 Å². The quantitative estimate of drug-likeness (QED) is 0.751. The molecule has 15 heavy (non-hydrogen) atoms. The Morgan fingerprint density at radius 3 is 2.73 bits per heavy atom. The third-order valence-corrected chi connectivity index (χ3v) is 2.35. The van der Waals surface area contributed by atoms with Crippen molar-refractivity contribution in [3.63, 3.8) is 0 Å². The predicted octanol–water partition coefficient (Wildman–Crippen LogP) is 2.69. The van der Waals surface area contributed by atoms with Crippen molar-refractivity contribution in [1.82, 2.24) is 9.97 Å². The van der Waals surface area contributed by atoms with Crippen molar-refractivity contribution in [3.8, 4) is 11.3 Å². The lowest BCUT2D eigenvalue weighted by molar-refractivity contribution is 1.20. The van der Waals surface area contributed by atoms with Crippen molar-refractivity contribution >= 4 is 17.3 Å². The van der Waals surface area contributed by atoms with Gasteiger partial charge in [-0.25, -0.2) is 4.98 Å². The molecule has 0 aliphatic carbocycles. The number of rotatable bonds is 1. The highest BCUT2D eigenvalue weighted by molar-refractivity contribution is 6.29. The summed E-state index contributed by atoms with van der Waals surface area (Å²) in [7, 11) is 0. The highest BCUT2D eigenvalue weighted by Crippen LogP contribution is 2.21. The molecule has 0 bridgehead atoms. The Bertz CT molecular complexity index is 497. The number of nitrogens with two attached hydrogens (primary N) is 1. The smallest absolute Gasteiger partial charge is 0.148 e. The number of aromatic nitrogens is 2. The van der Waals surface area contributed by atoms with E-state index in [-0.39, 0.29) is 0 Å². The van der Waals surface area contributed by atoms with Crippen LogP contribution in [0.15, 0.2) is 30.6 Å². The third kappa shape index (κ3) is 2.07. The Hall–Kier alpha value is -1.61.